The number of nitro groups is 1. The molecule has 8 heteroatoms. The second-order valence-corrected chi connectivity index (χ2v) is 4.33. The van der Waals surface area contributed by atoms with Crippen molar-refractivity contribution >= 4 is 28.8 Å². The summed E-state index contributed by atoms with van der Waals surface area (Å²) in [7, 11) is 0. The molecular weight excluding hydrogens is 278 g/mol. The Balaban J connectivity index is 2.36. The van der Waals surface area contributed by atoms with E-state index in [0.717, 1.165) is 0 Å². The molecule has 0 amide bonds. The lowest BCUT2D eigenvalue weighted by Gasteiger charge is -2.14. The van der Waals surface area contributed by atoms with Crippen molar-refractivity contribution in [2.24, 2.45) is 5.10 Å². The summed E-state index contributed by atoms with van der Waals surface area (Å²) in [6.45, 7) is 3.19. The number of hydrogen-bond donors (Lipinski definition) is 0. The average molecular weight is 291 g/mol. The monoisotopic (exact) mass is 291 g/mol. The standard InChI is InChI=1S/C13H13N3O5/c1-3-21-13(18)12-11(17)7-15(14-12)9-5-4-6-10(8(9)2)16(19)20/h4-6H,3,7H2,1-2H3. The van der Waals surface area contributed by atoms with E-state index < -0.39 is 16.7 Å². The van der Waals surface area contributed by atoms with Crippen molar-refractivity contribution in [1.82, 2.24) is 0 Å². The summed E-state index contributed by atoms with van der Waals surface area (Å²) in [5, 5.41) is 16.1. The number of nitro benzene ring substituents is 1. The molecule has 0 spiro atoms. The van der Waals surface area contributed by atoms with Crippen LogP contribution < -0.4 is 5.01 Å². The molecule has 0 bridgehead atoms. The maximum absolute atomic E-state index is 11.8. The lowest BCUT2D eigenvalue weighted by molar-refractivity contribution is -0.385. The van der Waals surface area contributed by atoms with Crippen molar-refractivity contribution in [3.8, 4) is 0 Å². The van der Waals surface area contributed by atoms with Crippen molar-refractivity contribution in [1.29, 1.82) is 0 Å². The van der Waals surface area contributed by atoms with Gasteiger partial charge in [-0.05, 0) is 19.9 Å². The number of hydrogen-bond acceptors (Lipinski definition) is 7. The molecule has 1 heterocycles. The highest BCUT2D eigenvalue weighted by molar-refractivity contribution is 6.66. The minimum Gasteiger partial charge on any atom is -0.461 e. The minimum atomic E-state index is -0.784. The van der Waals surface area contributed by atoms with Crippen LogP contribution in [0.3, 0.4) is 0 Å². The molecule has 0 unspecified atom stereocenters. The molecule has 0 saturated heterocycles. The summed E-state index contributed by atoms with van der Waals surface area (Å²) in [5.41, 5.74) is 0.434. The zero-order valence-electron chi connectivity index (χ0n) is 11.5. The van der Waals surface area contributed by atoms with Gasteiger partial charge in [0.2, 0.25) is 11.5 Å². The fourth-order valence-corrected chi connectivity index (χ4v) is 2.00. The SMILES string of the molecule is CCOC(=O)C1=NN(c2cccc([N+](=O)[O-])c2C)CC1=O. The molecule has 0 fully saturated rings. The quantitative estimate of drug-likeness (QED) is 0.469. The van der Waals surface area contributed by atoms with Gasteiger partial charge < -0.3 is 4.74 Å². The number of nitrogens with zero attached hydrogens (tertiary/aromatic N) is 3. The van der Waals surface area contributed by atoms with Gasteiger partial charge in [0, 0.05) is 6.07 Å². The molecule has 0 aromatic heterocycles. The molecule has 8 nitrogen and oxygen atoms in total. The van der Waals surface area contributed by atoms with Crippen molar-refractivity contribution in [3.63, 3.8) is 0 Å². The Kier molecular flexibility index (Phi) is 3.97. The molecule has 110 valence electrons. The number of esters is 1. The van der Waals surface area contributed by atoms with E-state index in [1.165, 1.54) is 17.1 Å². The van der Waals surface area contributed by atoms with Gasteiger partial charge >= 0.3 is 5.97 Å². The molecule has 0 saturated carbocycles. The number of carbonyl (C=O) groups excluding carboxylic acids is 2. The van der Waals surface area contributed by atoms with Crippen LogP contribution in [0, 0.1) is 17.0 Å². The molecule has 1 aromatic rings. The van der Waals surface area contributed by atoms with Crippen LogP contribution in [0.2, 0.25) is 0 Å². The van der Waals surface area contributed by atoms with Crippen LogP contribution in [0.15, 0.2) is 23.3 Å². The van der Waals surface area contributed by atoms with Gasteiger partial charge in [-0.2, -0.15) is 5.10 Å². The molecule has 0 radical (unpaired) electrons. The zero-order chi connectivity index (χ0) is 15.6. The van der Waals surface area contributed by atoms with Crippen molar-refractivity contribution in [2.45, 2.75) is 13.8 Å². The Hall–Kier alpha value is -2.77. The number of ether oxygens (including phenoxy) is 1. The average Bonchev–Trinajstić information content (AvgIpc) is 2.81. The van der Waals surface area contributed by atoms with Crippen LogP contribution in [-0.4, -0.2) is 35.5 Å². The first-order valence-corrected chi connectivity index (χ1v) is 6.26. The predicted molar refractivity (Wildman–Crippen MR) is 74.3 cm³/mol. The first-order chi connectivity index (χ1) is 9.95. The summed E-state index contributed by atoms with van der Waals surface area (Å²) in [5.74, 6) is -1.26. The van der Waals surface area contributed by atoms with Gasteiger partial charge in [-0.3, -0.25) is 19.9 Å². The van der Waals surface area contributed by atoms with Gasteiger partial charge in [0.15, 0.2) is 0 Å². The number of rotatable bonds is 4. The highest BCUT2D eigenvalue weighted by Gasteiger charge is 2.32. The van der Waals surface area contributed by atoms with Crippen molar-refractivity contribution in [3.05, 3.63) is 33.9 Å². The van der Waals surface area contributed by atoms with Crippen LogP contribution in [-0.2, 0) is 14.3 Å². The van der Waals surface area contributed by atoms with Gasteiger partial charge in [-0.1, -0.05) is 6.07 Å². The summed E-state index contributed by atoms with van der Waals surface area (Å²) in [4.78, 5) is 33.8. The maximum atomic E-state index is 11.8. The van der Waals surface area contributed by atoms with Crippen LogP contribution in [0.1, 0.15) is 12.5 Å². The third-order valence-electron chi connectivity index (χ3n) is 3.00. The van der Waals surface area contributed by atoms with Crippen molar-refractivity contribution in [2.75, 3.05) is 18.2 Å². The Bertz CT molecular complexity index is 653. The van der Waals surface area contributed by atoms with Gasteiger partial charge in [-0.25, -0.2) is 4.79 Å². The smallest absolute Gasteiger partial charge is 0.362 e. The second kappa shape index (κ2) is 5.70. The van der Waals surface area contributed by atoms with Crippen LogP contribution >= 0.6 is 0 Å². The number of Topliss-reactive ketones (excluding diaryl/α,β-unsaturated/α-hetero) is 1. The number of benzene rings is 1. The van der Waals surface area contributed by atoms with Gasteiger partial charge in [0.05, 0.1) is 22.8 Å². The molecule has 21 heavy (non-hydrogen) atoms. The molecule has 1 aromatic carbocycles. The number of ketones is 1. The second-order valence-electron chi connectivity index (χ2n) is 4.33. The molecule has 0 atom stereocenters. The highest BCUT2D eigenvalue weighted by atomic mass is 16.6. The fourth-order valence-electron chi connectivity index (χ4n) is 2.00. The Morgan fingerprint density at radius 3 is 2.86 bits per heavy atom. The Labute approximate surface area is 120 Å². The molecular formula is C13H13N3O5. The van der Waals surface area contributed by atoms with Crippen LogP contribution in [0.4, 0.5) is 11.4 Å². The fraction of sp³-hybridized carbons (Fsp3) is 0.308. The van der Waals surface area contributed by atoms with E-state index in [-0.39, 0.29) is 24.6 Å². The normalized spacial score (nSPS) is 14.1. The summed E-state index contributed by atoms with van der Waals surface area (Å²) >= 11 is 0. The molecule has 1 aliphatic heterocycles. The van der Waals surface area contributed by atoms with Gasteiger partial charge in [0.25, 0.3) is 5.69 Å². The predicted octanol–water partition coefficient (Wildman–Crippen LogP) is 1.21. The topological polar surface area (TPSA) is 102 Å². The number of carbonyl (C=O) groups is 2. The van der Waals surface area contributed by atoms with Crippen molar-refractivity contribution < 1.29 is 19.2 Å². The minimum absolute atomic E-state index is 0.0697. The first-order valence-electron chi connectivity index (χ1n) is 6.26. The first kappa shape index (κ1) is 14.6. The molecule has 0 aliphatic carbocycles. The lowest BCUT2D eigenvalue weighted by atomic mass is 10.1. The highest BCUT2D eigenvalue weighted by Crippen LogP contribution is 2.29. The van der Waals surface area contributed by atoms with E-state index in [4.69, 9.17) is 4.74 Å². The largest absolute Gasteiger partial charge is 0.461 e. The Morgan fingerprint density at radius 2 is 2.24 bits per heavy atom. The van der Waals surface area contributed by atoms with Gasteiger partial charge in [0.1, 0.15) is 6.54 Å². The maximum Gasteiger partial charge on any atom is 0.362 e. The van der Waals surface area contributed by atoms with Crippen LogP contribution in [0.25, 0.3) is 0 Å². The van der Waals surface area contributed by atoms with E-state index >= 15 is 0 Å². The number of anilines is 1. The third-order valence-corrected chi connectivity index (χ3v) is 3.00. The molecule has 2 rings (SSSR count). The van der Waals surface area contributed by atoms with E-state index in [1.807, 2.05) is 0 Å². The van der Waals surface area contributed by atoms with Crippen LogP contribution in [0.5, 0.6) is 0 Å². The third kappa shape index (κ3) is 2.73. The number of hydrazone groups is 1. The summed E-state index contributed by atoms with van der Waals surface area (Å²) in [6.07, 6.45) is 0. The summed E-state index contributed by atoms with van der Waals surface area (Å²) < 4.78 is 4.75. The van der Waals surface area contributed by atoms with E-state index in [2.05, 4.69) is 5.10 Å². The van der Waals surface area contributed by atoms with E-state index in [1.54, 1.807) is 19.9 Å². The Morgan fingerprint density at radius 1 is 1.52 bits per heavy atom. The molecule has 1 aliphatic rings. The van der Waals surface area contributed by atoms with E-state index in [9.17, 15) is 19.7 Å². The molecule has 0 N–H and O–H groups in total. The van der Waals surface area contributed by atoms with Gasteiger partial charge in [-0.15, -0.1) is 0 Å². The zero-order valence-corrected chi connectivity index (χ0v) is 11.5. The summed E-state index contributed by atoms with van der Waals surface area (Å²) in [6, 6.07) is 4.47. The lowest BCUT2D eigenvalue weighted by Crippen LogP contribution is -2.25. The van der Waals surface area contributed by atoms with E-state index in [0.29, 0.717) is 11.3 Å².